The minimum Gasteiger partial charge on any atom is -0.484 e. The van der Waals surface area contributed by atoms with Crippen molar-refractivity contribution in [2.24, 2.45) is 0 Å². The number of rotatable bonds is 5. The monoisotopic (exact) mass is 400 g/mol. The number of para-hydroxylation sites is 1. The zero-order valence-electron chi connectivity index (χ0n) is 17.6. The number of carbonyl (C=O) groups excluding carboxylic acids is 1. The van der Waals surface area contributed by atoms with Crippen molar-refractivity contribution in [1.29, 1.82) is 0 Å². The van der Waals surface area contributed by atoms with Gasteiger partial charge in [0.25, 0.3) is 5.91 Å². The molecule has 1 amide bonds. The van der Waals surface area contributed by atoms with Crippen molar-refractivity contribution < 1.29 is 9.53 Å². The largest absolute Gasteiger partial charge is 0.484 e. The Balaban J connectivity index is 1.62. The number of benzene rings is 2. The molecule has 4 rings (SSSR count). The first kappa shape index (κ1) is 19.6. The van der Waals surface area contributed by atoms with Crippen molar-refractivity contribution in [3.8, 4) is 11.6 Å². The molecule has 0 aliphatic heterocycles. The fourth-order valence-electron chi connectivity index (χ4n) is 3.54. The summed E-state index contributed by atoms with van der Waals surface area (Å²) in [5, 5.41) is 8.56. The van der Waals surface area contributed by atoms with Crippen LogP contribution in [0.3, 0.4) is 0 Å². The Bertz CT molecular complexity index is 1230. The summed E-state index contributed by atoms with van der Waals surface area (Å²) >= 11 is 0. The van der Waals surface area contributed by atoms with Gasteiger partial charge in [-0.3, -0.25) is 4.79 Å². The van der Waals surface area contributed by atoms with E-state index in [1.165, 1.54) is 5.56 Å². The molecule has 2 heterocycles. The van der Waals surface area contributed by atoms with Crippen LogP contribution in [-0.2, 0) is 4.79 Å². The molecule has 2 aromatic carbocycles. The lowest BCUT2D eigenvalue weighted by Gasteiger charge is -2.12. The van der Waals surface area contributed by atoms with Gasteiger partial charge in [0, 0.05) is 11.5 Å². The second-order valence-corrected chi connectivity index (χ2v) is 7.51. The number of nitrogens with one attached hydrogen (secondary N) is 1. The van der Waals surface area contributed by atoms with Crippen LogP contribution < -0.4 is 10.1 Å². The Kier molecular flexibility index (Phi) is 5.23. The van der Waals surface area contributed by atoms with Crippen molar-refractivity contribution in [3.63, 3.8) is 0 Å². The molecule has 6 nitrogen and oxygen atoms in total. The summed E-state index contributed by atoms with van der Waals surface area (Å²) in [6, 6.07) is 17.3. The number of hydrogen-bond donors (Lipinski definition) is 1. The van der Waals surface area contributed by atoms with Crippen molar-refractivity contribution >= 4 is 22.6 Å². The normalized spacial score (nSPS) is 10.9. The maximum Gasteiger partial charge on any atom is 0.263 e. The first-order valence-electron chi connectivity index (χ1n) is 9.84. The third-order valence-corrected chi connectivity index (χ3v) is 4.87. The SMILES string of the molecule is Cc1cc(C)c2nc(-n3nc(C)cc3NC(=O)COc3ccccc3)cc(C)c2c1. The van der Waals surface area contributed by atoms with Gasteiger partial charge >= 0.3 is 0 Å². The Morgan fingerprint density at radius 2 is 1.77 bits per heavy atom. The average Bonchev–Trinajstić information content (AvgIpc) is 3.08. The molecule has 30 heavy (non-hydrogen) atoms. The molecule has 6 heteroatoms. The molecule has 0 bridgehead atoms. The molecule has 1 N–H and O–H groups in total. The summed E-state index contributed by atoms with van der Waals surface area (Å²) in [5.74, 6) is 1.61. The number of aromatic nitrogens is 3. The standard InChI is InChI=1S/C24H24N4O2/c1-15-10-17(3)24-20(11-15)16(2)12-21(26-24)28-22(13-18(4)27-28)25-23(29)14-30-19-8-6-5-7-9-19/h5-13H,14H2,1-4H3,(H,25,29). The van der Waals surface area contributed by atoms with Crippen LogP contribution in [-0.4, -0.2) is 27.3 Å². The number of anilines is 1. The van der Waals surface area contributed by atoms with Crippen molar-refractivity contribution in [1.82, 2.24) is 14.8 Å². The van der Waals surface area contributed by atoms with Gasteiger partial charge in [-0.05, 0) is 63.1 Å². The smallest absolute Gasteiger partial charge is 0.263 e. The fourth-order valence-corrected chi connectivity index (χ4v) is 3.54. The van der Waals surface area contributed by atoms with E-state index in [9.17, 15) is 4.79 Å². The number of carbonyl (C=O) groups is 1. The van der Waals surface area contributed by atoms with Crippen LogP contribution in [0.5, 0.6) is 5.75 Å². The Hall–Kier alpha value is -3.67. The van der Waals surface area contributed by atoms with E-state index in [2.05, 4.69) is 43.3 Å². The summed E-state index contributed by atoms with van der Waals surface area (Å²) in [5.41, 5.74) is 5.15. The van der Waals surface area contributed by atoms with Crippen LogP contribution in [0.2, 0.25) is 0 Å². The molecule has 0 aliphatic rings. The number of fused-ring (bicyclic) bond motifs is 1. The highest BCUT2D eigenvalue weighted by molar-refractivity contribution is 5.91. The zero-order chi connectivity index (χ0) is 21.3. The minimum absolute atomic E-state index is 0.0865. The van der Waals surface area contributed by atoms with Gasteiger partial charge in [0.1, 0.15) is 11.6 Å². The fraction of sp³-hybridized carbons (Fsp3) is 0.208. The first-order valence-corrected chi connectivity index (χ1v) is 9.84. The average molecular weight is 400 g/mol. The molecule has 0 aliphatic carbocycles. The van der Waals surface area contributed by atoms with Crippen LogP contribution in [0.15, 0.2) is 54.6 Å². The van der Waals surface area contributed by atoms with Crippen molar-refractivity contribution in [2.45, 2.75) is 27.7 Å². The molecule has 0 spiro atoms. The number of aryl methyl sites for hydroxylation is 4. The molecular weight excluding hydrogens is 376 g/mol. The molecule has 4 aromatic rings. The Morgan fingerprint density at radius 1 is 1.00 bits per heavy atom. The van der Waals surface area contributed by atoms with Crippen molar-refractivity contribution in [2.75, 3.05) is 11.9 Å². The van der Waals surface area contributed by atoms with Crippen LogP contribution in [0.1, 0.15) is 22.4 Å². The number of amides is 1. The van der Waals surface area contributed by atoms with Gasteiger partial charge < -0.3 is 10.1 Å². The van der Waals surface area contributed by atoms with Crippen LogP contribution in [0.4, 0.5) is 5.82 Å². The summed E-state index contributed by atoms with van der Waals surface area (Å²) in [4.78, 5) is 17.3. The summed E-state index contributed by atoms with van der Waals surface area (Å²) in [6.07, 6.45) is 0. The highest BCUT2D eigenvalue weighted by Crippen LogP contribution is 2.25. The number of hydrogen-bond acceptors (Lipinski definition) is 4. The zero-order valence-corrected chi connectivity index (χ0v) is 17.6. The lowest BCUT2D eigenvalue weighted by molar-refractivity contribution is -0.118. The van der Waals surface area contributed by atoms with Crippen molar-refractivity contribution in [3.05, 3.63) is 77.0 Å². The third kappa shape index (κ3) is 4.03. The van der Waals surface area contributed by atoms with Gasteiger partial charge in [-0.2, -0.15) is 9.78 Å². The van der Waals surface area contributed by atoms with E-state index in [0.717, 1.165) is 27.7 Å². The molecule has 0 atom stereocenters. The predicted octanol–water partition coefficient (Wildman–Crippen LogP) is 4.67. The summed E-state index contributed by atoms with van der Waals surface area (Å²) < 4.78 is 7.21. The van der Waals surface area contributed by atoms with E-state index in [1.54, 1.807) is 4.68 Å². The van der Waals surface area contributed by atoms with Crippen LogP contribution in [0, 0.1) is 27.7 Å². The predicted molar refractivity (Wildman–Crippen MR) is 118 cm³/mol. The van der Waals surface area contributed by atoms with Crippen LogP contribution in [0.25, 0.3) is 16.7 Å². The number of pyridine rings is 1. The van der Waals surface area contributed by atoms with Gasteiger partial charge in [-0.15, -0.1) is 0 Å². The molecule has 2 aromatic heterocycles. The highest BCUT2D eigenvalue weighted by atomic mass is 16.5. The highest BCUT2D eigenvalue weighted by Gasteiger charge is 2.15. The van der Waals surface area contributed by atoms with E-state index in [4.69, 9.17) is 9.72 Å². The second-order valence-electron chi connectivity index (χ2n) is 7.51. The molecular formula is C24H24N4O2. The summed E-state index contributed by atoms with van der Waals surface area (Å²) in [6.45, 7) is 8.01. The van der Waals surface area contributed by atoms with Gasteiger partial charge in [-0.25, -0.2) is 4.98 Å². The Morgan fingerprint density at radius 3 is 2.53 bits per heavy atom. The Labute approximate surface area is 175 Å². The van der Waals surface area contributed by atoms with Gasteiger partial charge in [0.2, 0.25) is 0 Å². The van der Waals surface area contributed by atoms with Gasteiger partial charge in [0.15, 0.2) is 12.4 Å². The number of nitrogens with zero attached hydrogens (tertiary/aromatic N) is 3. The molecule has 0 saturated heterocycles. The topological polar surface area (TPSA) is 69.0 Å². The van der Waals surface area contributed by atoms with Gasteiger partial charge in [0.05, 0.1) is 11.2 Å². The molecule has 0 fully saturated rings. The van der Waals surface area contributed by atoms with E-state index in [1.807, 2.05) is 49.4 Å². The minimum atomic E-state index is -0.260. The van der Waals surface area contributed by atoms with E-state index in [-0.39, 0.29) is 12.5 Å². The maximum absolute atomic E-state index is 12.5. The number of ether oxygens (including phenoxy) is 1. The molecule has 152 valence electrons. The van der Waals surface area contributed by atoms with E-state index in [0.29, 0.717) is 17.4 Å². The molecule has 0 saturated carbocycles. The quantitative estimate of drug-likeness (QED) is 0.528. The lowest BCUT2D eigenvalue weighted by atomic mass is 10.0. The third-order valence-electron chi connectivity index (χ3n) is 4.87. The second kappa shape index (κ2) is 7.99. The van der Waals surface area contributed by atoms with Gasteiger partial charge in [-0.1, -0.05) is 29.8 Å². The van der Waals surface area contributed by atoms with Crippen LogP contribution >= 0.6 is 0 Å². The summed E-state index contributed by atoms with van der Waals surface area (Å²) in [7, 11) is 0. The van der Waals surface area contributed by atoms with E-state index < -0.39 is 0 Å². The molecule has 0 unspecified atom stereocenters. The lowest BCUT2D eigenvalue weighted by Crippen LogP contribution is -2.22. The van der Waals surface area contributed by atoms with E-state index >= 15 is 0 Å². The first-order chi connectivity index (χ1) is 14.4. The molecule has 0 radical (unpaired) electrons. The maximum atomic E-state index is 12.5.